The van der Waals surface area contributed by atoms with Crippen LogP contribution in [-0.4, -0.2) is 27.4 Å². The number of aryl methyl sites for hydroxylation is 1. The van der Waals surface area contributed by atoms with E-state index in [-0.39, 0.29) is 16.8 Å². The fourth-order valence-corrected chi connectivity index (χ4v) is 2.84. The highest BCUT2D eigenvalue weighted by Crippen LogP contribution is 2.16. The fourth-order valence-electron chi connectivity index (χ4n) is 2.09. The van der Waals surface area contributed by atoms with Crippen molar-refractivity contribution >= 4 is 15.9 Å². The van der Waals surface area contributed by atoms with Crippen molar-refractivity contribution < 1.29 is 13.2 Å². The summed E-state index contributed by atoms with van der Waals surface area (Å²) in [6, 6.07) is 4.63. The van der Waals surface area contributed by atoms with Crippen molar-refractivity contribution in [1.82, 2.24) is 10.0 Å². The predicted octanol–water partition coefficient (Wildman–Crippen LogP) is 2.46. The minimum absolute atomic E-state index is 0.0545. The monoisotopic (exact) mass is 326 g/mol. The Morgan fingerprint density at radius 2 is 1.82 bits per heavy atom. The first-order valence-corrected chi connectivity index (χ1v) is 9.00. The van der Waals surface area contributed by atoms with Gasteiger partial charge in [0.2, 0.25) is 10.0 Å². The molecule has 0 aromatic heterocycles. The van der Waals surface area contributed by atoms with E-state index in [4.69, 9.17) is 0 Å². The van der Waals surface area contributed by atoms with Crippen LogP contribution >= 0.6 is 0 Å². The zero-order valence-electron chi connectivity index (χ0n) is 13.9. The second kappa shape index (κ2) is 7.74. The SMILES string of the molecule is CNS(=O)(=O)c1ccc(C)c(C(=O)N[C@H](C)CCC(C)C)c1. The van der Waals surface area contributed by atoms with Crippen LogP contribution in [0.15, 0.2) is 23.1 Å². The average molecular weight is 326 g/mol. The molecule has 1 atom stereocenters. The average Bonchev–Trinajstić information content (AvgIpc) is 2.45. The second-order valence-corrected chi connectivity index (χ2v) is 7.92. The molecule has 0 bridgehead atoms. The van der Waals surface area contributed by atoms with Crippen molar-refractivity contribution in [2.24, 2.45) is 5.92 Å². The Bertz CT molecular complexity index is 624. The smallest absolute Gasteiger partial charge is 0.251 e. The number of benzene rings is 1. The summed E-state index contributed by atoms with van der Waals surface area (Å²) in [6.45, 7) is 8.04. The van der Waals surface area contributed by atoms with Crippen molar-refractivity contribution in [1.29, 1.82) is 0 Å². The molecule has 0 saturated heterocycles. The Morgan fingerprint density at radius 1 is 1.18 bits per heavy atom. The highest BCUT2D eigenvalue weighted by molar-refractivity contribution is 7.89. The van der Waals surface area contributed by atoms with Gasteiger partial charge in [0, 0.05) is 11.6 Å². The van der Waals surface area contributed by atoms with Crippen LogP contribution < -0.4 is 10.0 Å². The molecule has 0 aliphatic carbocycles. The van der Waals surface area contributed by atoms with Crippen LogP contribution in [0.25, 0.3) is 0 Å². The number of carbonyl (C=O) groups is 1. The first-order chi connectivity index (χ1) is 10.2. The van der Waals surface area contributed by atoms with Gasteiger partial charge in [-0.15, -0.1) is 0 Å². The van der Waals surface area contributed by atoms with Crippen LogP contribution in [-0.2, 0) is 10.0 Å². The van der Waals surface area contributed by atoms with Crippen molar-refractivity contribution in [3.63, 3.8) is 0 Å². The van der Waals surface area contributed by atoms with E-state index in [0.29, 0.717) is 11.5 Å². The number of amides is 1. The van der Waals surface area contributed by atoms with Gasteiger partial charge in [-0.3, -0.25) is 4.79 Å². The Labute approximate surface area is 133 Å². The van der Waals surface area contributed by atoms with Gasteiger partial charge in [0.05, 0.1) is 4.90 Å². The molecule has 0 saturated carbocycles. The van der Waals surface area contributed by atoms with Crippen LogP contribution in [0, 0.1) is 12.8 Å². The maximum absolute atomic E-state index is 12.4. The molecule has 0 aliphatic rings. The van der Waals surface area contributed by atoms with Gasteiger partial charge in [-0.25, -0.2) is 13.1 Å². The molecule has 1 aromatic carbocycles. The third-order valence-corrected chi connectivity index (χ3v) is 5.00. The summed E-state index contributed by atoms with van der Waals surface area (Å²) < 4.78 is 25.9. The lowest BCUT2D eigenvalue weighted by Gasteiger charge is -2.16. The van der Waals surface area contributed by atoms with Crippen molar-refractivity contribution in [3.8, 4) is 0 Å². The maximum Gasteiger partial charge on any atom is 0.251 e. The van der Waals surface area contributed by atoms with Gasteiger partial charge >= 0.3 is 0 Å². The molecule has 1 aromatic rings. The number of rotatable bonds is 7. The molecule has 22 heavy (non-hydrogen) atoms. The highest BCUT2D eigenvalue weighted by Gasteiger charge is 2.17. The minimum Gasteiger partial charge on any atom is -0.350 e. The third kappa shape index (κ3) is 5.10. The lowest BCUT2D eigenvalue weighted by atomic mass is 10.0. The second-order valence-electron chi connectivity index (χ2n) is 6.03. The normalized spacial score (nSPS) is 13.2. The Morgan fingerprint density at radius 3 is 2.36 bits per heavy atom. The topological polar surface area (TPSA) is 75.3 Å². The number of nitrogens with one attached hydrogen (secondary N) is 2. The lowest BCUT2D eigenvalue weighted by molar-refractivity contribution is 0.0936. The van der Waals surface area contributed by atoms with E-state index in [1.54, 1.807) is 13.0 Å². The van der Waals surface area contributed by atoms with Gasteiger partial charge in [0.15, 0.2) is 0 Å². The van der Waals surface area contributed by atoms with E-state index in [1.165, 1.54) is 19.2 Å². The predicted molar refractivity (Wildman–Crippen MR) is 88.4 cm³/mol. The molecule has 0 unspecified atom stereocenters. The van der Waals surface area contributed by atoms with E-state index in [1.807, 2.05) is 6.92 Å². The molecule has 1 amide bonds. The standard InChI is InChI=1S/C16H26N2O3S/c1-11(2)6-8-13(4)18-16(19)15-10-14(9-7-12(15)3)22(20,21)17-5/h7,9-11,13,17H,6,8H2,1-5H3,(H,18,19)/t13-/m1/s1. The van der Waals surface area contributed by atoms with Crippen LogP contribution in [0.5, 0.6) is 0 Å². The fraction of sp³-hybridized carbons (Fsp3) is 0.562. The van der Waals surface area contributed by atoms with Crippen molar-refractivity contribution in [2.75, 3.05) is 7.05 Å². The van der Waals surface area contributed by atoms with E-state index < -0.39 is 10.0 Å². The van der Waals surface area contributed by atoms with Gasteiger partial charge in [-0.2, -0.15) is 0 Å². The molecule has 0 fully saturated rings. The first kappa shape index (κ1) is 18.6. The molecule has 0 aliphatic heterocycles. The summed E-state index contributed by atoms with van der Waals surface area (Å²) in [4.78, 5) is 12.5. The molecular weight excluding hydrogens is 300 g/mol. The van der Waals surface area contributed by atoms with Crippen LogP contribution in [0.4, 0.5) is 0 Å². The van der Waals surface area contributed by atoms with Crippen molar-refractivity contribution in [3.05, 3.63) is 29.3 Å². The Hall–Kier alpha value is -1.40. The molecule has 1 rings (SSSR count). The molecule has 0 spiro atoms. The molecule has 124 valence electrons. The van der Waals surface area contributed by atoms with Crippen LogP contribution in [0.1, 0.15) is 49.5 Å². The Balaban J connectivity index is 2.91. The third-order valence-electron chi connectivity index (χ3n) is 3.59. The van der Waals surface area contributed by atoms with Gasteiger partial charge in [0.1, 0.15) is 0 Å². The molecule has 0 radical (unpaired) electrons. The van der Waals surface area contributed by atoms with Gasteiger partial charge in [-0.1, -0.05) is 19.9 Å². The zero-order valence-corrected chi connectivity index (χ0v) is 14.8. The summed E-state index contributed by atoms with van der Waals surface area (Å²) in [5.74, 6) is 0.354. The van der Waals surface area contributed by atoms with E-state index in [2.05, 4.69) is 23.9 Å². The van der Waals surface area contributed by atoms with E-state index in [0.717, 1.165) is 18.4 Å². The summed E-state index contributed by atoms with van der Waals surface area (Å²) in [5.41, 5.74) is 1.15. The van der Waals surface area contributed by atoms with Gasteiger partial charge < -0.3 is 5.32 Å². The highest BCUT2D eigenvalue weighted by atomic mass is 32.2. The quantitative estimate of drug-likeness (QED) is 0.808. The summed E-state index contributed by atoms with van der Waals surface area (Å²) in [7, 11) is -2.20. The van der Waals surface area contributed by atoms with E-state index in [9.17, 15) is 13.2 Å². The van der Waals surface area contributed by atoms with Crippen LogP contribution in [0.2, 0.25) is 0 Å². The van der Waals surface area contributed by atoms with Crippen molar-refractivity contribution in [2.45, 2.75) is 51.5 Å². The molecule has 2 N–H and O–H groups in total. The summed E-state index contributed by atoms with van der Waals surface area (Å²) in [5, 5.41) is 2.93. The lowest BCUT2D eigenvalue weighted by Crippen LogP contribution is -2.33. The molecule has 6 heteroatoms. The number of hydrogen-bond acceptors (Lipinski definition) is 3. The summed E-state index contributed by atoms with van der Waals surface area (Å²) >= 11 is 0. The number of hydrogen-bond donors (Lipinski definition) is 2. The van der Waals surface area contributed by atoms with Gasteiger partial charge in [-0.05, 0) is 57.4 Å². The molecule has 0 heterocycles. The first-order valence-electron chi connectivity index (χ1n) is 7.52. The largest absolute Gasteiger partial charge is 0.350 e. The number of carbonyl (C=O) groups excluding carboxylic acids is 1. The van der Waals surface area contributed by atoms with E-state index >= 15 is 0 Å². The molecule has 5 nitrogen and oxygen atoms in total. The molecular formula is C16H26N2O3S. The minimum atomic E-state index is -3.55. The Kier molecular flexibility index (Phi) is 6.56. The maximum atomic E-state index is 12.4. The summed E-state index contributed by atoms with van der Waals surface area (Å²) in [6.07, 6.45) is 1.94. The number of sulfonamides is 1. The van der Waals surface area contributed by atoms with Gasteiger partial charge in [0.25, 0.3) is 5.91 Å². The zero-order chi connectivity index (χ0) is 16.9. The van der Waals surface area contributed by atoms with Crippen LogP contribution in [0.3, 0.4) is 0 Å².